The molecular weight excluding hydrogens is 404 g/mol. The Balaban J connectivity index is 1.37. The zero-order valence-corrected chi connectivity index (χ0v) is 17.8. The Kier molecular flexibility index (Phi) is 5.41. The molecule has 5 rings (SSSR count). The Morgan fingerprint density at radius 1 is 1.12 bits per heavy atom. The Morgan fingerprint density at radius 3 is 2.84 bits per heavy atom. The summed E-state index contributed by atoms with van der Waals surface area (Å²) in [5.74, 6) is 1.40. The molecule has 32 heavy (non-hydrogen) atoms. The molecule has 3 heterocycles. The van der Waals surface area contributed by atoms with Gasteiger partial charge in [-0.2, -0.15) is 0 Å². The van der Waals surface area contributed by atoms with Crippen molar-refractivity contribution in [2.24, 2.45) is 5.92 Å². The van der Waals surface area contributed by atoms with E-state index < -0.39 is 0 Å². The minimum Gasteiger partial charge on any atom is -0.497 e. The van der Waals surface area contributed by atoms with Gasteiger partial charge in [0.25, 0.3) is 0 Å². The molecule has 4 aromatic rings. The van der Waals surface area contributed by atoms with Gasteiger partial charge in [-0.3, -0.25) is 4.79 Å². The van der Waals surface area contributed by atoms with Gasteiger partial charge in [-0.15, -0.1) is 5.10 Å². The van der Waals surface area contributed by atoms with Crippen molar-refractivity contribution in [3.8, 4) is 11.4 Å². The molecule has 162 valence electrons. The molecule has 8 nitrogen and oxygen atoms in total. The molecule has 1 atom stereocenters. The first-order chi connectivity index (χ1) is 15.7. The molecule has 2 aromatic heterocycles. The summed E-state index contributed by atoms with van der Waals surface area (Å²) in [6, 6.07) is 17.3. The summed E-state index contributed by atoms with van der Waals surface area (Å²) in [5, 5.41) is 8.52. The lowest BCUT2D eigenvalue weighted by Gasteiger charge is -2.33. The van der Waals surface area contributed by atoms with Crippen LogP contribution in [0, 0.1) is 5.92 Å². The van der Waals surface area contributed by atoms with E-state index >= 15 is 0 Å². The molecule has 1 saturated heterocycles. The highest BCUT2D eigenvalue weighted by Crippen LogP contribution is 2.28. The van der Waals surface area contributed by atoms with Crippen molar-refractivity contribution in [1.82, 2.24) is 19.7 Å². The Bertz CT molecular complexity index is 1240. The summed E-state index contributed by atoms with van der Waals surface area (Å²) in [6.07, 6.45) is 5.25. The van der Waals surface area contributed by atoms with Crippen molar-refractivity contribution in [3.63, 3.8) is 0 Å². The van der Waals surface area contributed by atoms with Crippen LogP contribution in [0.3, 0.4) is 0 Å². The Morgan fingerprint density at radius 2 is 2.00 bits per heavy atom. The number of hydrogen-bond acceptors (Lipinski definition) is 6. The predicted octanol–water partition coefficient (Wildman–Crippen LogP) is 3.68. The van der Waals surface area contributed by atoms with Gasteiger partial charge in [0.1, 0.15) is 17.9 Å². The normalized spacial score (nSPS) is 16.2. The Labute approximate surface area is 185 Å². The van der Waals surface area contributed by atoms with E-state index in [-0.39, 0.29) is 11.8 Å². The van der Waals surface area contributed by atoms with Crippen LogP contribution in [-0.4, -0.2) is 45.9 Å². The van der Waals surface area contributed by atoms with Crippen LogP contribution in [0.25, 0.3) is 16.7 Å². The number of carbonyl (C=O) groups excluding carboxylic acids is 1. The topological polar surface area (TPSA) is 85.2 Å². The summed E-state index contributed by atoms with van der Waals surface area (Å²) in [7, 11) is 1.61. The van der Waals surface area contributed by atoms with E-state index in [0.717, 1.165) is 42.0 Å². The van der Waals surface area contributed by atoms with E-state index in [9.17, 15) is 4.79 Å². The minimum atomic E-state index is -0.135. The third-order valence-electron chi connectivity index (χ3n) is 5.75. The maximum absolute atomic E-state index is 13.0. The smallest absolute Gasteiger partial charge is 0.229 e. The van der Waals surface area contributed by atoms with Gasteiger partial charge >= 0.3 is 0 Å². The molecule has 1 N–H and O–H groups in total. The third kappa shape index (κ3) is 3.99. The van der Waals surface area contributed by atoms with Gasteiger partial charge in [-0.05, 0) is 37.1 Å². The maximum Gasteiger partial charge on any atom is 0.229 e. The first kappa shape index (κ1) is 20.0. The summed E-state index contributed by atoms with van der Waals surface area (Å²) in [4.78, 5) is 24.0. The number of nitrogens with one attached hydrogen (secondary N) is 1. The van der Waals surface area contributed by atoms with Gasteiger partial charge in [0.15, 0.2) is 5.65 Å². The number of para-hydroxylation sites is 1. The fraction of sp³-hybridized carbons (Fsp3) is 0.250. The van der Waals surface area contributed by atoms with E-state index in [2.05, 4.69) is 25.3 Å². The molecule has 0 aliphatic carbocycles. The molecule has 8 heteroatoms. The number of amides is 1. The minimum absolute atomic E-state index is 0.00762. The van der Waals surface area contributed by atoms with Crippen LogP contribution in [0.2, 0.25) is 0 Å². The highest BCUT2D eigenvalue weighted by molar-refractivity contribution is 5.93. The number of piperidine rings is 1. The van der Waals surface area contributed by atoms with Crippen LogP contribution < -0.4 is 15.0 Å². The lowest BCUT2D eigenvalue weighted by atomic mass is 9.97. The molecule has 1 aliphatic heterocycles. The van der Waals surface area contributed by atoms with Crippen LogP contribution in [0.5, 0.6) is 5.75 Å². The number of carbonyl (C=O) groups is 1. The first-order valence-corrected chi connectivity index (χ1v) is 10.7. The van der Waals surface area contributed by atoms with Gasteiger partial charge in [0.05, 0.1) is 24.1 Å². The molecule has 0 saturated carbocycles. The third-order valence-corrected chi connectivity index (χ3v) is 5.75. The average molecular weight is 428 g/mol. The summed E-state index contributed by atoms with van der Waals surface area (Å²) in [6.45, 7) is 1.43. The van der Waals surface area contributed by atoms with E-state index in [1.807, 2.05) is 65.5 Å². The molecule has 2 aromatic carbocycles. The second-order valence-electron chi connectivity index (χ2n) is 7.85. The monoisotopic (exact) mass is 428 g/mol. The average Bonchev–Trinajstić information content (AvgIpc) is 3.29. The molecule has 0 spiro atoms. The van der Waals surface area contributed by atoms with Gasteiger partial charge < -0.3 is 15.0 Å². The second-order valence-corrected chi connectivity index (χ2v) is 7.85. The van der Waals surface area contributed by atoms with Crippen LogP contribution in [-0.2, 0) is 4.79 Å². The van der Waals surface area contributed by atoms with Gasteiger partial charge in [-0.1, -0.05) is 24.3 Å². The second kappa shape index (κ2) is 8.66. The standard InChI is InChI=1S/C24H24N6O2/c1-32-20-11-5-8-18(13-20)27-24(31)17-7-6-12-29(14-17)23-21-15-30(19-9-3-2-4-10-19)28-22(21)25-16-26-23/h2-5,8-11,13,15-17H,6-7,12,14H2,1H3,(H,27,31). The van der Waals surface area contributed by atoms with E-state index in [1.54, 1.807) is 13.4 Å². The molecule has 1 unspecified atom stereocenters. The fourth-order valence-corrected chi connectivity index (χ4v) is 4.12. The van der Waals surface area contributed by atoms with E-state index in [1.165, 1.54) is 0 Å². The van der Waals surface area contributed by atoms with Gasteiger partial charge in [0.2, 0.25) is 5.91 Å². The number of hydrogen-bond donors (Lipinski definition) is 1. The largest absolute Gasteiger partial charge is 0.497 e. The first-order valence-electron chi connectivity index (χ1n) is 10.7. The molecule has 1 aliphatic rings. The van der Waals surface area contributed by atoms with Gasteiger partial charge in [0, 0.05) is 31.0 Å². The van der Waals surface area contributed by atoms with Gasteiger partial charge in [-0.25, -0.2) is 14.6 Å². The number of rotatable bonds is 5. The van der Waals surface area contributed by atoms with E-state index in [0.29, 0.717) is 17.9 Å². The highest BCUT2D eigenvalue weighted by atomic mass is 16.5. The van der Waals surface area contributed by atoms with Crippen molar-refractivity contribution in [2.45, 2.75) is 12.8 Å². The van der Waals surface area contributed by atoms with Crippen molar-refractivity contribution >= 4 is 28.4 Å². The SMILES string of the molecule is COc1cccc(NC(=O)C2CCCN(c3ncnc4nn(-c5ccccc5)cc34)C2)c1. The number of methoxy groups -OCH3 is 1. The predicted molar refractivity (Wildman–Crippen MR) is 123 cm³/mol. The van der Waals surface area contributed by atoms with Crippen molar-refractivity contribution in [1.29, 1.82) is 0 Å². The van der Waals surface area contributed by atoms with Crippen molar-refractivity contribution in [3.05, 3.63) is 67.1 Å². The Hall–Kier alpha value is -3.94. The van der Waals surface area contributed by atoms with Crippen molar-refractivity contribution in [2.75, 3.05) is 30.4 Å². The van der Waals surface area contributed by atoms with Crippen LogP contribution in [0.15, 0.2) is 67.1 Å². The van der Waals surface area contributed by atoms with E-state index in [4.69, 9.17) is 4.74 Å². The number of aromatic nitrogens is 4. The van der Waals surface area contributed by atoms with Crippen LogP contribution >= 0.6 is 0 Å². The zero-order valence-electron chi connectivity index (χ0n) is 17.8. The number of nitrogens with zero attached hydrogens (tertiary/aromatic N) is 5. The highest BCUT2D eigenvalue weighted by Gasteiger charge is 2.28. The lowest BCUT2D eigenvalue weighted by molar-refractivity contribution is -0.120. The summed E-state index contributed by atoms with van der Waals surface area (Å²) < 4.78 is 7.07. The zero-order chi connectivity index (χ0) is 21.9. The lowest BCUT2D eigenvalue weighted by Crippen LogP contribution is -2.41. The number of fused-ring (bicyclic) bond motifs is 1. The van der Waals surface area contributed by atoms with Crippen LogP contribution in [0.4, 0.5) is 11.5 Å². The van der Waals surface area contributed by atoms with Crippen molar-refractivity contribution < 1.29 is 9.53 Å². The fourth-order valence-electron chi connectivity index (χ4n) is 4.12. The molecule has 1 fully saturated rings. The number of anilines is 2. The molecule has 1 amide bonds. The molecular formula is C24H24N6O2. The van der Waals surface area contributed by atoms with Crippen LogP contribution in [0.1, 0.15) is 12.8 Å². The molecule has 0 radical (unpaired) electrons. The quantitative estimate of drug-likeness (QED) is 0.522. The maximum atomic E-state index is 13.0. The summed E-state index contributed by atoms with van der Waals surface area (Å²) in [5.41, 5.74) is 2.34. The summed E-state index contributed by atoms with van der Waals surface area (Å²) >= 11 is 0. The number of ether oxygens (including phenoxy) is 1. The molecule has 0 bridgehead atoms. The number of benzene rings is 2.